The first-order valence-electron chi connectivity index (χ1n) is 11.9. The van der Waals surface area contributed by atoms with Crippen LogP contribution in [0.5, 0.6) is 5.75 Å². The maximum atomic E-state index is 13.2. The molecule has 0 fully saturated rings. The Morgan fingerprint density at radius 2 is 1.72 bits per heavy atom. The highest BCUT2D eigenvalue weighted by Crippen LogP contribution is 2.30. The van der Waals surface area contributed by atoms with E-state index in [1.807, 2.05) is 44.2 Å². The molecular weight excluding hydrogens is 502 g/mol. The lowest BCUT2D eigenvalue weighted by molar-refractivity contribution is -0.140. The third-order valence-corrected chi connectivity index (χ3v) is 7.15. The van der Waals surface area contributed by atoms with Gasteiger partial charge >= 0.3 is 0 Å². The standard InChI is InChI=1S/C26H36ClN3O5S/c1-19(2)28-26(32)20(3)29(17-15-21-10-7-6-8-11-21)25(31)12-9-16-30(36(5,33)34)22-13-14-24(35-4)23(27)18-22/h6-8,10-11,13-14,18-20H,9,12,15-17H2,1-5H3,(H,28,32)/t20-/m1/s1. The number of carbonyl (C=O) groups excluding carboxylic acids is 2. The molecule has 10 heteroatoms. The summed E-state index contributed by atoms with van der Waals surface area (Å²) >= 11 is 6.19. The molecule has 0 bridgehead atoms. The van der Waals surface area contributed by atoms with Crippen molar-refractivity contribution in [2.24, 2.45) is 0 Å². The lowest BCUT2D eigenvalue weighted by atomic mass is 10.1. The third kappa shape index (κ3) is 8.71. The second kappa shape index (κ2) is 13.5. The highest BCUT2D eigenvalue weighted by molar-refractivity contribution is 7.92. The van der Waals surface area contributed by atoms with Crippen molar-refractivity contribution in [1.82, 2.24) is 10.2 Å². The van der Waals surface area contributed by atoms with E-state index >= 15 is 0 Å². The molecule has 0 aliphatic carbocycles. The number of benzene rings is 2. The summed E-state index contributed by atoms with van der Waals surface area (Å²) in [6, 6.07) is 13.8. The zero-order valence-corrected chi connectivity index (χ0v) is 23.1. The molecule has 36 heavy (non-hydrogen) atoms. The van der Waals surface area contributed by atoms with Gasteiger partial charge in [-0.1, -0.05) is 41.9 Å². The number of halogens is 1. The van der Waals surface area contributed by atoms with E-state index in [2.05, 4.69) is 5.32 Å². The zero-order valence-electron chi connectivity index (χ0n) is 21.5. The molecular formula is C26H36ClN3O5S. The molecule has 0 saturated heterocycles. The molecule has 2 aromatic rings. The molecule has 2 aromatic carbocycles. The van der Waals surface area contributed by atoms with Gasteiger partial charge in [-0.05, 0) is 57.4 Å². The second-order valence-electron chi connectivity index (χ2n) is 8.92. The summed E-state index contributed by atoms with van der Waals surface area (Å²) < 4.78 is 31.3. The van der Waals surface area contributed by atoms with Crippen LogP contribution in [0.1, 0.15) is 39.2 Å². The van der Waals surface area contributed by atoms with E-state index in [1.54, 1.807) is 24.0 Å². The number of anilines is 1. The fourth-order valence-electron chi connectivity index (χ4n) is 3.79. The molecule has 0 heterocycles. The number of ether oxygens (including phenoxy) is 1. The third-order valence-electron chi connectivity index (χ3n) is 5.66. The molecule has 2 amide bonds. The largest absolute Gasteiger partial charge is 0.495 e. The normalized spacial score (nSPS) is 12.2. The number of hydrogen-bond acceptors (Lipinski definition) is 5. The Morgan fingerprint density at radius 1 is 1.06 bits per heavy atom. The second-order valence-corrected chi connectivity index (χ2v) is 11.2. The summed E-state index contributed by atoms with van der Waals surface area (Å²) in [5, 5.41) is 3.15. The molecule has 198 valence electrons. The molecule has 0 unspecified atom stereocenters. The topological polar surface area (TPSA) is 96.0 Å². The molecule has 1 atom stereocenters. The van der Waals surface area contributed by atoms with Crippen molar-refractivity contribution in [3.05, 3.63) is 59.1 Å². The Hall–Kier alpha value is -2.78. The van der Waals surface area contributed by atoms with Crippen molar-refractivity contribution in [3.63, 3.8) is 0 Å². The van der Waals surface area contributed by atoms with Crippen LogP contribution in [0.25, 0.3) is 0 Å². The van der Waals surface area contributed by atoms with Gasteiger partial charge in [0.05, 0.1) is 24.1 Å². The Morgan fingerprint density at radius 3 is 2.28 bits per heavy atom. The van der Waals surface area contributed by atoms with Crippen LogP contribution in [-0.4, -0.2) is 63.7 Å². The first-order chi connectivity index (χ1) is 16.9. The molecule has 0 aromatic heterocycles. The summed E-state index contributed by atoms with van der Waals surface area (Å²) in [6.07, 6.45) is 2.07. The molecule has 0 aliphatic rings. The van der Waals surface area contributed by atoms with Crippen molar-refractivity contribution in [1.29, 1.82) is 0 Å². The first-order valence-corrected chi connectivity index (χ1v) is 14.1. The number of sulfonamides is 1. The monoisotopic (exact) mass is 537 g/mol. The Kier molecular flexibility index (Phi) is 11.0. The molecule has 0 saturated carbocycles. The van der Waals surface area contributed by atoms with Crippen molar-refractivity contribution < 1.29 is 22.7 Å². The summed E-state index contributed by atoms with van der Waals surface area (Å²) in [5.41, 5.74) is 1.45. The van der Waals surface area contributed by atoms with Crippen LogP contribution >= 0.6 is 11.6 Å². The van der Waals surface area contributed by atoms with E-state index in [0.717, 1.165) is 11.8 Å². The Balaban J connectivity index is 2.13. The van der Waals surface area contributed by atoms with Crippen LogP contribution in [0.4, 0.5) is 5.69 Å². The van der Waals surface area contributed by atoms with Gasteiger partial charge in [0.25, 0.3) is 0 Å². The van der Waals surface area contributed by atoms with E-state index in [9.17, 15) is 18.0 Å². The molecule has 0 spiro atoms. The minimum atomic E-state index is -3.62. The molecule has 1 N–H and O–H groups in total. The predicted molar refractivity (Wildman–Crippen MR) is 144 cm³/mol. The van der Waals surface area contributed by atoms with E-state index in [0.29, 0.717) is 24.4 Å². The highest BCUT2D eigenvalue weighted by atomic mass is 35.5. The molecule has 0 aliphatic heterocycles. The van der Waals surface area contributed by atoms with Gasteiger partial charge in [-0.3, -0.25) is 13.9 Å². The average Bonchev–Trinajstić information content (AvgIpc) is 2.81. The van der Waals surface area contributed by atoms with E-state index in [4.69, 9.17) is 16.3 Å². The van der Waals surface area contributed by atoms with Crippen LogP contribution in [-0.2, 0) is 26.0 Å². The minimum absolute atomic E-state index is 0.0503. The van der Waals surface area contributed by atoms with Gasteiger partial charge in [-0.15, -0.1) is 0 Å². The summed E-state index contributed by atoms with van der Waals surface area (Å²) in [4.78, 5) is 27.5. The smallest absolute Gasteiger partial charge is 0.242 e. The lowest BCUT2D eigenvalue weighted by Crippen LogP contribution is -2.50. The van der Waals surface area contributed by atoms with Gasteiger partial charge in [-0.2, -0.15) is 0 Å². The maximum Gasteiger partial charge on any atom is 0.242 e. The van der Waals surface area contributed by atoms with Gasteiger partial charge in [-0.25, -0.2) is 8.42 Å². The first kappa shape index (κ1) is 29.5. The van der Waals surface area contributed by atoms with Crippen LogP contribution in [0, 0.1) is 0 Å². The zero-order chi connectivity index (χ0) is 26.9. The average molecular weight is 538 g/mol. The Bertz CT molecular complexity index is 1130. The number of nitrogens with one attached hydrogen (secondary N) is 1. The van der Waals surface area contributed by atoms with Gasteiger partial charge in [0.2, 0.25) is 21.8 Å². The van der Waals surface area contributed by atoms with E-state index in [1.165, 1.54) is 17.5 Å². The van der Waals surface area contributed by atoms with E-state index < -0.39 is 16.1 Å². The Labute approximate surface area is 219 Å². The number of amides is 2. The molecule has 0 radical (unpaired) electrons. The molecule has 2 rings (SSSR count). The number of carbonyl (C=O) groups is 2. The van der Waals surface area contributed by atoms with Crippen LogP contribution in [0.2, 0.25) is 5.02 Å². The van der Waals surface area contributed by atoms with Crippen molar-refractivity contribution >= 4 is 39.1 Å². The number of hydrogen-bond donors (Lipinski definition) is 1. The van der Waals surface area contributed by atoms with Gasteiger partial charge in [0, 0.05) is 25.6 Å². The number of nitrogens with zero attached hydrogens (tertiary/aromatic N) is 2. The minimum Gasteiger partial charge on any atom is -0.495 e. The summed E-state index contributed by atoms with van der Waals surface area (Å²) in [6.45, 7) is 5.91. The maximum absolute atomic E-state index is 13.2. The van der Waals surface area contributed by atoms with E-state index in [-0.39, 0.29) is 42.3 Å². The quantitative estimate of drug-likeness (QED) is 0.418. The summed E-state index contributed by atoms with van der Waals surface area (Å²) in [7, 11) is -2.14. The highest BCUT2D eigenvalue weighted by Gasteiger charge is 2.26. The number of methoxy groups -OCH3 is 1. The van der Waals surface area contributed by atoms with Crippen molar-refractivity contribution in [2.75, 3.05) is 30.8 Å². The lowest BCUT2D eigenvalue weighted by Gasteiger charge is -2.30. The van der Waals surface area contributed by atoms with Gasteiger partial charge in [0.15, 0.2) is 0 Å². The SMILES string of the molecule is COc1ccc(N(CCCC(=O)N(CCc2ccccc2)[C@H](C)C(=O)NC(C)C)S(C)(=O)=O)cc1Cl. The number of rotatable bonds is 13. The fourth-order valence-corrected chi connectivity index (χ4v) is 5.00. The van der Waals surface area contributed by atoms with Crippen molar-refractivity contribution in [3.8, 4) is 5.75 Å². The molecule has 8 nitrogen and oxygen atoms in total. The summed E-state index contributed by atoms with van der Waals surface area (Å²) in [5.74, 6) is 0.00219. The fraction of sp³-hybridized carbons (Fsp3) is 0.462. The van der Waals surface area contributed by atoms with Crippen LogP contribution in [0.3, 0.4) is 0 Å². The predicted octanol–water partition coefficient (Wildman–Crippen LogP) is 3.88. The van der Waals surface area contributed by atoms with Crippen LogP contribution < -0.4 is 14.4 Å². The van der Waals surface area contributed by atoms with Crippen LogP contribution in [0.15, 0.2) is 48.5 Å². The van der Waals surface area contributed by atoms with Gasteiger partial charge < -0.3 is 15.0 Å². The van der Waals surface area contributed by atoms with Gasteiger partial charge in [0.1, 0.15) is 11.8 Å². The van der Waals surface area contributed by atoms with Crippen molar-refractivity contribution in [2.45, 2.75) is 52.1 Å².